The zero-order valence-corrected chi connectivity index (χ0v) is 13.0. The van der Waals surface area contributed by atoms with Crippen molar-refractivity contribution in [2.24, 2.45) is 12.8 Å². The highest BCUT2D eigenvalue weighted by atomic mass is 32.2. The fourth-order valence-electron chi connectivity index (χ4n) is 2.03. The molecule has 2 aromatic rings. The zero-order chi connectivity index (χ0) is 17.2. The molecule has 0 aliphatic rings. The maximum Gasteiger partial charge on any atom is 0.435 e. The molecule has 1 unspecified atom stereocenters. The molecule has 4 nitrogen and oxygen atoms in total. The van der Waals surface area contributed by atoms with Gasteiger partial charge in [0.2, 0.25) is 0 Å². The Morgan fingerprint density at radius 2 is 1.91 bits per heavy atom. The summed E-state index contributed by atoms with van der Waals surface area (Å²) in [7, 11) is 1.40. The van der Waals surface area contributed by atoms with Crippen molar-refractivity contribution in [2.75, 3.05) is 6.61 Å². The average molecular weight is 349 g/mol. The highest BCUT2D eigenvalue weighted by Gasteiger charge is 2.39. The molecule has 1 aromatic carbocycles. The minimum atomic E-state index is -4.62. The van der Waals surface area contributed by atoms with Crippen molar-refractivity contribution in [1.29, 1.82) is 0 Å². The number of alkyl halides is 3. The van der Waals surface area contributed by atoms with Crippen LogP contribution in [0.4, 0.5) is 17.6 Å². The second-order valence-corrected chi connectivity index (χ2v) is 6.02. The molecule has 9 heteroatoms. The second kappa shape index (κ2) is 6.90. The summed E-state index contributed by atoms with van der Waals surface area (Å²) in [6, 6.07) is 4.56. The van der Waals surface area contributed by atoms with Crippen LogP contribution in [0.15, 0.2) is 34.2 Å². The number of aliphatic hydroxyl groups is 1. The van der Waals surface area contributed by atoms with Crippen LogP contribution in [-0.4, -0.2) is 27.5 Å². The summed E-state index contributed by atoms with van der Waals surface area (Å²) in [6.07, 6.45) is -4.79. The number of halogens is 4. The van der Waals surface area contributed by atoms with Crippen LogP contribution in [0.2, 0.25) is 0 Å². The Morgan fingerprint density at radius 3 is 2.43 bits per heavy atom. The number of aromatic nitrogens is 2. The quantitative estimate of drug-likeness (QED) is 0.815. The molecular weight excluding hydrogens is 334 g/mol. The van der Waals surface area contributed by atoms with E-state index in [-0.39, 0.29) is 17.0 Å². The van der Waals surface area contributed by atoms with Crippen LogP contribution in [0, 0.1) is 5.82 Å². The average Bonchev–Trinajstić information content (AvgIpc) is 2.78. The Bertz CT molecular complexity index is 670. The van der Waals surface area contributed by atoms with Gasteiger partial charge in [0.1, 0.15) is 10.8 Å². The van der Waals surface area contributed by atoms with Gasteiger partial charge in [-0.15, -0.1) is 0 Å². The van der Waals surface area contributed by atoms with Crippen LogP contribution in [0.5, 0.6) is 0 Å². The molecule has 0 aliphatic heterocycles. The molecule has 0 fully saturated rings. The third-order valence-corrected chi connectivity index (χ3v) is 4.30. The standard InChI is InChI=1S/C14H15F4N3OS/c1-21-13(23-10-4-2-8(15)3-5-10)11(6-9(19)7-22)12(20-21)14(16,17)18/h2-5,9,22H,6-7,19H2,1H3. The van der Waals surface area contributed by atoms with Gasteiger partial charge in [0, 0.05) is 23.5 Å². The molecule has 0 radical (unpaired) electrons. The van der Waals surface area contributed by atoms with E-state index in [9.17, 15) is 17.6 Å². The third kappa shape index (κ3) is 4.24. The zero-order valence-electron chi connectivity index (χ0n) is 12.1. The molecule has 1 heterocycles. The first-order chi connectivity index (χ1) is 10.7. The van der Waals surface area contributed by atoms with Gasteiger partial charge in [-0.05, 0) is 30.7 Å². The molecule has 0 aliphatic carbocycles. The Kier molecular flexibility index (Phi) is 5.33. The number of aryl methyl sites for hydroxylation is 1. The van der Waals surface area contributed by atoms with E-state index in [0.717, 1.165) is 16.4 Å². The van der Waals surface area contributed by atoms with E-state index in [1.165, 1.54) is 31.3 Å². The fraction of sp³-hybridized carbons (Fsp3) is 0.357. The fourth-order valence-corrected chi connectivity index (χ4v) is 3.00. The summed E-state index contributed by atoms with van der Waals surface area (Å²) < 4.78 is 53.5. The highest BCUT2D eigenvalue weighted by Crippen LogP contribution is 2.38. The minimum absolute atomic E-state index is 0.0733. The van der Waals surface area contributed by atoms with Gasteiger partial charge in [-0.2, -0.15) is 18.3 Å². The van der Waals surface area contributed by atoms with Crippen LogP contribution in [0.25, 0.3) is 0 Å². The van der Waals surface area contributed by atoms with Crippen LogP contribution >= 0.6 is 11.8 Å². The van der Waals surface area contributed by atoms with Crippen molar-refractivity contribution in [3.63, 3.8) is 0 Å². The number of aliphatic hydroxyl groups excluding tert-OH is 1. The molecule has 0 saturated carbocycles. The SMILES string of the molecule is Cn1nc(C(F)(F)F)c(CC(N)CO)c1Sc1ccc(F)cc1. The maximum absolute atomic E-state index is 13.1. The van der Waals surface area contributed by atoms with Gasteiger partial charge in [0.15, 0.2) is 5.69 Å². The van der Waals surface area contributed by atoms with Crippen LogP contribution in [-0.2, 0) is 19.6 Å². The topological polar surface area (TPSA) is 64.1 Å². The normalized spacial score (nSPS) is 13.3. The first-order valence-corrected chi connectivity index (χ1v) is 7.47. The Morgan fingerprint density at radius 1 is 1.30 bits per heavy atom. The van der Waals surface area contributed by atoms with Crippen molar-refractivity contribution in [3.05, 3.63) is 41.3 Å². The van der Waals surface area contributed by atoms with E-state index >= 15 is 0 Å². The van der Waals surface area contributed by atoms with Crippen LogP contribution < -0.4 is 5.73 Å². The van der Waals surface area contributed by atoms with E-state index < -0.39 is 30.3 Å². The summed E-state index contributed by atoms with van der Waals surface area (Å²) >= 11 is 1.04. The third-order valence-electron chi connectivity index (χ3n) is 3.09. The molecule has 0 amide bonds. The molecule has 1 aromatic heterocycles. The van der Waals surface area contributed by atoms with Gasteiger partial charge in [-0.3, -0.25) is 4.68 Å². The summed E-state index contributed by atoms with van der Waals surface area (Å²) in [5.41, 5.74) is 4.50. The van der Waals surface area contributed by atoms with Gasteiger partial charge >= 0.3 is 6.18 Å². The van der Waals surface area contributed by atoms with E-state index in [4.69, 9.17) is 10.8 Å². The molecule has 3 N–H and O–H groups in total. The monoisotopic (exact) mass is 349 g/mol. The van der Waals surface area contributed by atoms with Gasteiger partial charge in [0.05, 0.1) is 6.61 Å². The molecular formula is C14H15F4N3OS. The number of hydrogen-bond donors (Lipinski definition) is 2. The maximum atomic E-state index is 13.1. The Balaban J connectivity index is 2.44. The van der Waals surface area contributed by atoms with Crippen molar-refractivity contribution in [1.82, 2.24) is 9.78 Å². The molecule has 23 heavy (non-hydrogen) atoms. The number of rotatable bonds is 5. The van der Waals surface area contributed by atoms with Crippen LogP contribution in [0.1, 0.15) is 11.3 Å². The predicted molar refractivity (Wildman–Crippen MR) is 77.5 cm³/mol. The van der Waals surface area contributed by atoms with Crippen LogP contribution in [0.3, 0.4) is 0 Å². The lowest BCUT2D eigenvalue weighted by atomic mass is 10.1. The van der Waals surface area contributed by atoms with E-state index in [1.54, 1.807) is 0 Å². The molecule has 126 valence electrons. The van der Waals surface area contributed by atoms with Crippen molar-refractivity contribution in [3.8, 4) is 0 Å². The Hall–Kier alpha value is -1.58. The van der Waals surface area contributed by atoms with Gasteiger partial charge in [-0.25, -0.2) is 4.39 Å². The summed E-state index contributed by atoms with van der Waals surface area (Å²) in [5, 5.41) is 12.8. The number of benzene rings is 1. The van der Waals surface area contributed by atoms with Crippen molar-refractivity contribution >= 4 is 11.8 Å². The first-order valence-electron chi connectivity index (χ1n) is 6.65. The van der Waals surface area contributed by atoms with E-state index in [2.05, 4.69) is 5.10 Å². The number of nitrogens with two attached hydrogens (primary N) is 1. The van der Waals surface area contributed by atoms with Gasteiger partial charge in [-0.1, -0.05) is 11.8 Å². The lowest BCUT2D eigenvalue weighted by molar-refractivity contribution is -0.142. The van der Waals surface area contributed by atoms with Crippen molar-refractivity contribution in [2.45, 2.75) is 28.6 Å². The lowest BCUT2D eigenvalue weighted by Gasteiger charge is -2.12. The second-order valence-electron chi connectivity index (χ2n) is 4.96. The molecule has 0 saturated heterocycles. The minimum Gasteiger partial charge on any atom is -0.395 e. The predicted octanol–water partition coefficient (Wildman–Crippen LogP) is 2.59. The first kappa shape index (κ1) is 17.8. The molecule has 0 bridgehead atoms. The lowest BCUT2D eigenvalue weighted by Crippen LogP contribution is -2.28. The molecule has 0 spiro atoms. The summed E-state index contributed by atoms with van der Waals surface area (Å²) in [5.74, 6) is -0.433. The molecule has 1 atom stereocenters. The highest BCUT2D eigenvalue weighted by molar-refractivity contribution is 7.99. The molecule has 2 rings (SSSR count). The van der Waals surface area contributed by atoms with E-state index in [0.29, 0.717) is 4.90 Å². The summed E-state index contributed by atoms with van der Waals surface area (Å²) in [6.45, 7) is -0.438. The number of hydrogen-bond acceptors (Lipinski definition) is 4. The smallest absolute Gasteiger partial charge is 0.395 e. The number of nitrogens with zero attached hydrogens (tertiary/aromatic N) is 2. The largest absolute Gasteiger partial charge is 0.435 e. The van der Waals surface area contributed by atoms with Gasteiger partial charge in [0.25, 0.3) is 0 Å². The van der Waals surface area contributed by atoms with Gasteiger partial charge < -0.3 is 10.8 Å². The Labute approximate surface area is 134 Å². The van der Waals surface area contributed by atoms with E-state index in [1.807, 2.05) is 0 Å². The summed E-state index contributed by atoms with van der Waals surface area (Å²) in [4.78, 5) is 0.571. The van der Waals surface area contributed by atoms with Crippen molar-refractivity contribution < 1.29 is 22.7 Å².